The molecule has 84 valence electrons. The predicted molar refractivity (Wildman–Crippen MR) is 57.3 cm³/mol. The highest BCUT2D eigenvalue weighted by Crippen LogP contribution is 1.96. The summed E-state index contributed by atoms with van der Waals surface area (Å²) >= 11 is 0. The van der Waals surface area contributed by atoms with Crippen molar-refractivity contribution in [2.75, 3.05) is 0 Å². The lowest BCUT2D eigenvalue weighted by atomic mass is 10.1. The molecule has 0 spiro atoms. The molecule has 4 nitrogen and oxygen atoms in total. The number of carbonyl (C=O) groups is 2. The molecule has 0 aliphatic carbocycles. The van der Waals surface area contributed by atoms with Crippen molar-refractivity contribution < 1.29 is 9.59 Å². The Morgan fingerprint density at radius 1 is 0.929 bits per heavy atom. The third-order valence-electron chi connectivity index (χ3n) is 2.20. The molecule has 0 heterocycles. The fourth-order valence-corrected chi connectivity index (χ4v) is 0.402. The summed E-state index contributed by atoms with van der Waals surface area (Å²) in [6.45, 7) is 7.52. The van der Waals surface area contributed by atoms with Gasteiger partial charge in [0.15, 0.2) is 0 Å². The van der Waals surface area contributed by atoms with Crippen molar-refractivity contribution in [2.24, 2.45) is 23.3 Å². The van der Waals surface area contributed by atoms with E-state index < -0.39 is 0 Å². The van der Waals surface area contributed by atoms with Crippen LogP contribution >= 0.6 is 0 Å². The third kappa shape index (κ3) is 9.03. The molecule has 4 heteroatoms. The largest absolute Gasteiger partial charge is 0.369 e. The second-order valence-corrected chi connectivity index (χ2v) is 3.42. The van der Waals surface area contributed by atoms with Crippen LogP contribution in [0.4, 0.5) is 0 Å². The van der Waals surface area contributed by atoms with E-state index in [1.54, 1.807) is 0 Å². The predicted octanol–water partition coefficient (Wildman–Crippen LogP) is 1.04. The van der Waals surface area contributed by atoms with Crippen LogP contribution in [-0.2, 0) is 9.59 Å². The molecule has 0 radical (unpaired) electrons. The second kappa shape index (κ2) is 8.53. The Morgan fingerprint density at radius 2 is 1.14 bits per heavy atom. The van der Waals surface area contributed by atoms with E-state index in [2.05, 4.69) is 0 Å². The molecule has 0 aliphatic heterocycles. The van der Waals surface area contributed by atoms with Crippen LogP contribution in [0.2, 0.25) is 0 Å². The lowest BCUT2D eigenvalue weighted by Crippen LogP contribution is -2.19. The summed E-state index contributed by atoms with van der Waals surface area (Å²) in [5.74, 6) is -0.329. The van der Waals surface area contributed by atoms with Crippen molar-refractivity contribution in [1.29, 1.82) is 0 Å². The first kappa shape index (κ1) is 15.4. The van der Waals surface area contributed by atoms with Gasteiger partial charge < -0.3 is 11.5 Å². The van der Waals surface area contributed by atoms with Crippen molar-refractivity contribution >= 4 is 11.8 Å². The van der Waals surface area contributed by atoms with Crippen molar-refractivity contribution in [2.45, 2.75) is 40.5 Å². The molecule has 0 aromatic heterocycles. The van der Waals surface area contributed by atoms with Gasteiger partial charge in [-0.05, 0) is 12.8 Å². The summed E-state index contributed by atoms with van der Waals surface area (Å²) < 4.78 is 0. The monoisotopic (exact) mass is 202 g/mol. The molecule has 14 heavy (non-hydrogen) atoms. The van der Waals surface area contributed by atoms with Crippen LogP contribution in [0.1, 0.15) is 40.5 Å². The Balaban J connectivity index is 0. The molecule has 4 N–H and O–H groups in total. The Kier molecular flexibility index (Phi) is 9.40. The molecule has 0 aliphatic rings. The maximum absolute atomic E-state index is 10.2. The maximum Gasteiger partial charge on any atom is 0.220 e. The molecule has 2 unspecified atom stereocenters. The van der Waals surface area contributed by atoms with E-state index in [0.717, 1.165) is 12.8 Å². The number of primary amides is 2. The van der Waals surface area contributed by atoms with Crippen molar-refractivity contribution in [3.63, 3.8) is 0 Å². The van der Waals surface area contributed by atoms with Gasteiger partial charge in [0, 0.05) is 11.8 Å². The summed E-state index contributed by atoms with van der Waals surface area (Å²) in [6.07, 6.45) is 1.69. The maximum atomic E-state index is 10.2. The van der Waals surface area contributed by atoms with E-state index in [1.807, 2.05) is 27.7 Å². The quantitative estimate of drug-likeness (QED) is 0.713. The van der Waals surface area contributed by atoms with Crippen molar-refractivity contribution in [3.05, 3.63) is 0 Å². The van der Waals surface area contributed by atoms with Crippen LogP contribution < -0.4 is 11.5 Å². The van der Waals surface area contributed by atoms with Gasteiger partial charge in [-0.1, -0.05) is 27.7 Å². The van der Waals surface area contributed by atoms with Crippen LogP contribution in [0, 0.1) is 11.8 Å². The molecular weight excluding hydrogens is 180 g/mol. The summed E-state index contributed by atoms with van der Waals surface area (Å²) in [4.78, 5) is 20.3. The van der Waals surface area contributed by atoms with Gasteiger partial charge in [-0.2, -0.15) is 0 Å². The SMILES string of the molecule is CCC(C)C(N)=O.CCC(C)C(N)=O. The van der Waals surface area contributed by atoms with Gasteiger partial charge in [-0.3, -0.25) is 9.59 Å². The Hall–Kier alpha value is -1.06. The summed E-state index contributed by atoms with van der Waals surface area (Å²) in [7, 11) is 0. The van der Waals surface area contributed by atoms with E-state index in [1.165, 1.54) is 0 Å². The van der Waals surface area contributed by atoms with Gasteiger partial charge in [-0.15, -0.1) is 0 Å². The van der Waals surface area contributed by atoms with E-state index in [0.29, 0.717) is 0 Å². The zero-order valence-electron chi connectivity index (χ0n) is 9.54. The summed E-state index contributed by atoms with van der Waals surface area (Å²) in [5.41, 5.74) is 9.82. The Labute approximate surface area is 86.0 Å². The van der Waals surface area contributed by atoms with E-state index in [9.17, 15) is 9.59 Å². The van der Waals surface area contributed by atoms with Gasteiger partial charge >= 0.3 is 0 Å². The van der Waals surface area contributed by atoms with Crippen LogP contribution in [-0.4, -0.2) is 11.8 Å². The molecule has 2 amide bonds. The first-order chi connectivity index (χ1) is 6.36. The zero-order chi connectivity index (χ0) is 11.7. The minimum absolute atomic E-state index is 0.0417. The third-order valence-corrected chi connectivity index (χ3v) is 2.20. The topological polar surface area (TPSA) is 86.2 Å². The van der Waals surface area contributed by atoms with Gasteiger partial charge in [0.05, 0.1) is 0 Å². The molecule has 0 aromatic rings. The van der Waals surface area contributed by atoms with Crippen LogP contribution in [0.15, 0.2) is 0 Å². The lowest BCUT2D eigenvalue weighted by molar-refractivity contribution is -0.122. The van der Waals surface area contributed by atoms with E-state index in [4.69, 9.17) is 11.5 Å². The number of hydrogen-bond donors (Lipinski definition) is 2. The number of hydrogen-bond acceptors (Lipinski definition) is 2. The van der Waals surface area contributed by atoms with Crippen LogP contribution in [0.5, 0.6) is 0 Å². The highest BCUT2D eigenvalue weighted by Gasteiger charge is 2.02. The number of rotatable bonds is 4. The van der Waals surface area contributed by atoms with Gasteiger partial charge in [0.1, 0.15) is 0 Å². The summed E-state index contributed by atoms with van der Waals surface area (Å²) in [5, 5.41) is 0. The molecule has 0 aromatic carbocycles. The first-order valence-electron chi connectivity index (χ1n) is 4.95. The molecule has 2 atom stereocenters. The summed E-state index contributed by atoms with van der Waals surface area (Å²) in [6, 6.07) is 0. The number of amides is 2. The second-order valence-electron chi connectivity index (χ2n) is 3.42. The van der Waals surface area contributed by atoms with E-state index >= 15 is 0 Å². The fraction of sp³-hybridized carbons (Fsp3) is 0.800. The number of nitrogens with two attached hydrogens (primary N) is 2. The average Bonchev–Trinajstić information content (AvgIpc) is 2.15. The van der Waals surface area contributed by atoms with Crippen molar-refractivity contribution in [1.82, 2.24) is 0 Å². The molecule has 0 rings (SSSR count). The molecule has 0 saturated heterocycles. The highest BCUT2D eigenvalue weighted by atomic mass is 16.1. The number of carbonyl (C=O) groups excluding carboxylic acids is 2. The molecular formula is C10H22N2O2. The highest BCUT2D eigenvalue weighted by molar-refractivity contribution is 5.76. The van der Waals surface area contributed by atoms with Gasteiger partial charge in [-0.25, -0.2) is 0 Å². The van der Waals surface area contributed by atoms with Crippen LogP contribution in [0.3, 0.4) is 0 Å². The standard InChI is InChI=1S/2C5H11NO/c2*1-3-4(2)5(6)7/h2*4H,3H2,1-2H3,(H2,6,7). The minimum Gasteiger partial charge on any atom is -0.369 e. The Bertz CT molecular complexity index is 161. The van der Waals surface area contributed by atoms with Gasteiger partial charge in [0.2, 0.25) is 11.8 Å². The molecule has 0 bridgehead atoms. The lowest BCUT2D eigenvalue weighted by Gasteiger charge is -1.98. The minimum atomic E-state index is -0.206. The fourth-order valence-electron chi connectivity index (χ4n) is 0.402. The Morgan fingerprint density at radius 3 is 1.14 bits per heavy atom. The molecule has 0 fully saturated rings. The average molecular weight is 202 g/mol. The van der Waals surface area contributed by atoms with Crippen LogP contribution in [0.25, 0.3) is 0 Å². The van der Waals surface area contributed by atoms with Crippen molar-refractivity contribution in [3.8, 4) is 0 Å². The smallest absolute Gasteiger partial charge is 0.220 e. The molecule has 0 saturated carbocycles. The zero-order valence-corrected chi connectivity index (χ0v) is 9.54. The van der Waals surface area contributed by atoms with Gasteiger partial charge in [0.25, 0.3) is 0 Å². The van der Waals surface area contributed by atoms with E-state index in [-0.39, 0.29) is 23.7 Å². The first-order valence-corrected chi connectivity index (χ1v) is 4.95. The normalized spacial score (nSPS) is 13.4.